The van der Waals surface area contributed by atoms with Gasteiger partial charge in [0.2, 0.25) is 15.9 Å². The lowest BCUT2D eigenvalue weighted by molar-refractivity contribution is -0.122. The molecule has 152 valence electrons. The largest absolute Gasteiger partial charge is 0.348 e. The van der Waals surface area contributed by atoms with Crippen LogP contribution in [0.25, 0.3) is 0 Å². The van der Waals surface area contributed by atoms with Crippen molar-refractivity contribution in [3.8, 4) is 0 Å². The number of nitrogens with zero attached hydrogens (tertiary/aromatic N) is 1. The zero-order valence-electron chi connectivity index (χ0n) is 17.7. The van der Waals surface area contributed by atoms with Crippen molar-refractivity contribution in [1.82, 2.24) is 5.32 Å². The minimum atomic E-state index is -3.62. The molecule has 0 bridgehead atoms. The van der Waals surface area contributed by atoms with Crippen LogP contribution in [0.3, 0.4) is 0 Å². The first kappa shape index (κ1) is 22.0. The van der Waals surface area contributed by atoms with Gasteiger partial charge in [-0.2, -0.15) is 0 Å². The van der Waals surface area contributed by atoms with E-state index in [2.05, 4.69) is 24.4 Å². The van der Waals surface area contributed by atoms with Crippen LogP contribution in [-0.2, 0) is 14.8 Å². The van der Waals surface area contributed by atoms with Crippen molar-refractivity contribution in [2.45, 2.75) is 53.6 Å². The second kappa shape index (κ2) is 8.35. The van der Waals surface area contributed by atoms with Gasteiger partial charge in [-0.25, -0.2) is 8.42 Å². The lowest BCUT2D eigenvalue weighted by atomic mass is 9.96. The van der Waals surface area contributed by atoms with E-state index in [4.69, 9.17) is 0 Å². The first-order chi connectivity index (χ1) is 12.9. The fourth-order valence-electron chi connectivity index (χ4n) is 3.36. The topological polar surface area (TPSA) is 66.5 Å². The number of nitrogens with one attached hydrogen (secondary N) is 1. The smallest absolute Gasteiger partial charge is 0.244 e. The van der Waals surface area contributed by atoms with Crippen LogP contribution in [-0.4, -0.2) is 26.6 Å². The van der Waals surface area contributed by atoms with E-state index in [0.29, 0.717) is 5.69 Å². The maximum Gasteiger partial charge on any atom is 0.244 e. The average molecular weight is 403 g/mol. The summed E-state index contributed by atoms with van der Waals surface area (Å²) >= 11 is 0. The number of benzene rings is 2. The van der Waals surface area contributed by atoms with E-state index in [9.17, 15) is 13.2 Å². The van der Waals surface area contributed by atoms with Gasteiger partial charge in [0.05, 0.1) is 18.0 Å². The molecular weight excluding hydrogens is 372 g/mol. The highest BCUT2D eigenvalue weighted by molar-refractivity contribution is 7.92. The van der Waals surface area contributed by atoms with Gasteiger partial charge >= 0.3 is 0 Å². The van der Waals surface area contributed by atoms with Crippen molar-refractivity contribution in [2.75, 3.05) is 10.6 Å². The van der Waals surface area contributed by atoms with Crippen LogP contribution >= 0.6 is 0 Å². The summed E-state index contributed by atoms with van der Waals surface area (Å²) in [5.41, 5.74) is 5.99. The van der Waals surface area contributed by atoms with Crippen molar-refractivity contribution < 1.29 is 13.2 Å². The van der Waals surface area contributed by atoms with Crippen LogP contribution in [0.1, 0.15) is 47.7 Å². The zero-order chi connectivity index (χ0) is 21.2. The summed E-state index contributed by atoms with van der Waals surface area (Å²) in [6.45, 7) is 11.6. The van der Waals surface area contributed by atoms with E-state index in [1.54, 1.807) is 19.1 Å². The van der Waals surface area contributed by atoms with E-state index in [0.717, 1.165) is 28.5 Å². The summed E-state index contributed by atoms with van der Waals surface area (Å²) in [5, 5.41) is 2.97. The van der Waals surface area contributed by atoms with Gasteiger partial charge in [0, 0.05) is 0 Å². The van der Waals surface area contributed by atoms with Crippen molar-refractivity contribution in [3.63, 3.8) is 0 Å². The third-order valence-electron chi connectivity index (χ3n) is 5.08. The Bertz CT molecular complexity index is 966. The molecule has 0 saturated carbocycles. The molecule has 1 N–H and O–H groups in total. The standard InChI is InChI=1S/C22H30N2O3S/c1-14-8-10-20(11-9-14)24(28(7,26)27)19(6)22(25)23-18(5)21-13-16(3)15(2)12-17(21)4/h8-13,18-19H,1-7H3,(H,23,25)/t18-,19+/m0/s1. The summed E-state index contributed by atoms with van der Waals surface area (Å²) < 4.78 is 26.0. The van der Waals surface area contributed by atoms with Gasteiger partial charge < -0.3 is 5.32 Å². The molecule has 0 heterocycles. The minimum Gasteiger partial charge on any atom is -0.348 e. The average Bonchev–Trinajstić information content (AvgIpc) is 2.58. The van der Waals surface area contributed by atoms with Crippen molar-refractivity contribution in [3.05, 3.63) is 64.2 Å². The van der Waals surface area contributed by atoms with Gasteiger partial charge in [-0.3, -0.25) is 9.10 Å². The summed E-state index contributed by atoms with van der Waals surface area (Å²) in [6.07, 6.45) is 1.12. The number of amides is 1. The third-order valence-corrected chi connectivity index (χ3v) is 6.33. The van der Waals surface area contributed by atoms with Gasteiger partial charge in [-0.1, -0.05) is 29.8 Å². The van der Waals surface area contributed by atoms with Gasteiger partial charge in [-0.15, -0.1) is 0 Å². The molecule has 0 spiro atoms. The Morgan fingerprint density at radius 3 is 2.00 bits per heavy atom. The Labute approximate surface area is 168 Å². The lowest BCUT2D eigenvalue weighted by Gasteiger charge is -2.29. The fourth-order valence-corrected chi connectivity index (χ4v) is 4.54. The fraction of sp³-hybridized carbons (Fsp3) is 0.409. The predicted molar refractivity (Wildman–Crippen MR) is 115 cm³/mol. The van der Waals surface area contributed by atoms with Crippen LogP contribution in [0.2, 0.25) is 0 Å². The van der Waals surface area contributed by atoms with Gasteiger partial charge in [0.25, 0.3) is 0 Å². The first-order valence-electron chi connectivity index (χ1n) is 9.36. The van der Waals surface area contributed by atoms with Crippen molar-refractivity contribution >= 4 is 21.6 Å². The highest BCUT2D eigenvalue weighted by atomic mass is 32.2. The Kier molecular flexibility index (Phi) is 6.55. The molecular formula is C22H30N2O3S. The second-order valence-corrected chi connectivity index (χ2v) is 9.45. The summed E-state index contributed by atoms with van der Waals surface area (Å²) in [5.74, 6) is -0.337. The number of hydrogen-bond donors (Lipinski definition) is 1. The monoisotopic (exact) mass is 402 g/mol. The van der Waals surface area contributed by atoms with Crippen LogP contribution in [0.5, 0.6) is 0 Å². The number of carbonyl (C=O) groups excluding carboxylic acids is 1. The molecule has 0 aliphatic heterocycles. The van der Waals surface area contributed by atoms with Crippen LogP contribution < -0.4 is 9.62 Å². The summed E-state index contributed by atoms with van der Waals surface area (Å²) in [6, 6.07) is 10.2. The van der Waals surface area contributed by atoms with E-state index in [-0.39, 0.29) is 11.9 Å². The number of sulfonamides is 1. The van der Waals surface area contributed by atoms with Crippen molar-refractivity contribution in [2.24, 2.45) is 0 Å². The highest BCUT2D eigenvalue weighted by Crippen LogP contribution is 2.24. The summed E-state index contributed by atoms with van der Waals surface area (Å²) in [7, 11) is -3.62. The Morgan fingerprint density at radius 1 is 0.929 bits per heavy atom. The second-order valence-electron chi connectivity index (χ2n) is 7.59. The van der Waals surface area contributed by atoms with E-state index in [1.807, 2.05) is 39.8 Å². The molecule has 5 nitrogen and oxygen atoms in total. The lowest BCUT2D eigenvalue weighted by Crippen LogP contribution is -2.48. The highest BCUT2D eigenvalue weighted by Gasteiger charge is 2.30. The third kappa shape index (κ3) is 4.93. The first-order valence-corrected chi connectivity index (χ1v) is 11.2. The van der Waals surface area contributed by atoms with E-state index in [1.165, 1.54) is 9.87 Å². The zero-order valence-corrected chi connectivity index (χ0v) is 18.5. The Hall–Kier alpha value is -2.34. The molecule has 0 aliphatic rings. The normalized spacial score (nSPS) is 13.7. The molecule has 0 saturated heterocycles. The Morgan fingerprint density at radius 2 is 1.46 bits per heavy atom. The molecule has 0 aliphatic carbocycles. The van der Waals surface area contributed by atoms with Gasteiger partial charge in [0.1, 0.15) is 6.04 Å². The van der Waals surface area contributed by atoms with E-state index < -0.39 is 16.1 Å². The number of hydrogen-bond acceptors (Lipinski definition) is 3. The maximum atomic E-state index is 12.9. The maximum absolute atomic E-state index is 12.9. The van der Waals surface area contributed by atoms with Crippen molar-refractivity contribution in [1.29, 1.82) is 0 Å². The molecule has 2 rings (SSSR count). The van der Waals surface area contributed by atoms with Gasteiger partial charge in [-0.05, 0) is 75.9 Å². The molecule has 2 aromatic carbocycles. The van der Waals surface area contributed by atoms with E-state index >= 15 is 0 Å². The van der Waals surface area contributed by atoms with Gasteiger partial charge in [0.15, 0.2) is 0 Å². The minimum absolute atomic E-state index is 0.228. The molecule has 0 aromatic heterocycles. The molecule has 0 radical (unpaired) electrons. The van der Waals surface area contributed by atoms with Crippen LogP contribution in [0, 0.1) is 27.7 Å². The molecule has 2 aromatic rings. The Balaban J connectivity index is 2.28. The quantitative estimate of drug-likeness (QED) is 0.795. The van der Waals surface area contributed by atoms with Crippen LogP contribution in [0.4, 0.5) is 5.69 Å². The number of carbonyl (C=O) groups is 1. The van der Waals surface area contributed by atoms with Crippen LogP contribution in [0.15, 0.2) is 36.4 Å². The molecule has 0 fully saturated rings. The number of anilines is 1. The summed E-state index contributed by atoms with van der Waals surface area (Å²) in [4.78, 5) is 12.9. The SMILES string of the molecule is Cc1ccc(N([C@H](C)C(=O)N[C@@H](C)c2cc(C)c(C)cc2C)S(C)(=O)=O)cc1. The molecule has 6 heteroatoms. The number of rotatable bonds is 6. The predicted octanol–water partition coefficient (Wildman–Crippen LogP) is 3.95. The number of aryl methyl sites for hydroxylation is 4. The molecule has 2 atom stereocenters. The molecule has 28 heavy (non-hydrogen) atoms. The molecule has 0 unspecified atom stereocenters. The molecule has 1 amide bonds.